The molecule has 1 aromatic heterocycles. The van der Waals surface area contributed by atoms with Gasteiger partial charge in [-0.3, -0.25) is 0 Å². The van der Waals surface area contributed by atoms with Gasteiger partial charge >= 0.3 is 0 Å². The van der Waals surface area contributed by atoms with Crippen LogP contribution in [0.25, 0.3) is 0 Å². The van der Waals surface area contributed by atoms with Crippen molar-refractivity contribution >= 4 is 47.2 Å². The fourth-order valence-electron chi connectivity index (χ4n) is 3.63. The average Bonchev–Trinajstić information content (AvgIpc) is 2.80. The van der Waals surface area contributed by atoms with Gasteiger partial charge < -0.3 is 24.8 Å². The minimum absolute atomic E-state index is 0.361. The van der Waals surface area contributed by atoms with E-state index in [4.69, 9.17) is 16.3 Å². The van der Waals surface area contributed by atoms with Crippen molar-refractivity contribution < 1.29 is 9.30 Å². The minimum Gasteiger partial charge on any atom is -0.495 e. The molecule has 1 heterocycles. The highest BCUT2D eigenvalue weighted by Crippen LogP contribution is 2.39. The molecule has 0 atom stereocenters. The lowest BCUT2D eigenvalue weighted by Crippen LogP contribution is -2.28. The van der Waals surface area contributed by atoms with Crippen LogP contribution in [0, 0.1) is 6.92 Å². The van der Waals surface area contributed by atoms with Crippen LogP contribution in [-0.2, 0) is 11.0 Å². The lowest BCUT2D eigenvalue weighted by atomic mass is 10.0. The maximum atomic E-state index is 12.7. The number of aryl methyl sites for hydroxylation is 1. The number of benzene rings is 2. The van der Waals surface area contributed by atoms with Gasteiger partial charge in [-0.15, -0.1) is 0 Å². The standard InChI is InChI=1S/C26H35ClN5O2P/c1-17(2)32(4)13-12-19-15-23(34-5)22(14-18(19)3)30-26-28-16-20(27)25(31-26)29-21-10-8-9-11-24(21)35(6,7)33/h8-11,14-17H,12-13H2,1-7H3,(H2,28,29,30,31). The predicted octanol–water partition coefficient (Wildman–Crippen LogP) is 6.06. The summed E-state index contributed by atoms with van der Waals surface area (Å²) >= 11 is 6.39. The summed E-state index contributed by atoms with van der Waals surface area (Å²) in [4.78, 5) is 11.2. The molecule has 0 amide bonds. The number of halogens is 1. The van der Waals surface area contributed by atoms with Crippen LogP contribution < -0.4 is 20.7 Å². The first kappa shape index (κ1) is 27.0. The second-order valence-corrected chi connectivity index (χ2v) is 12.9. The Morgan fingerprint density at radius 3 is 2.51 bits per heavy atom. The van der Waals surface area contributed by atoms with Gasteiger partial charge in [0.15, 0.2) is 5.82 Å². The number of methoxy groups -OCH3 is 1. The van der Waals surface area contributed by atoms with Gasteiger partial charge in [-0.05, 0) is 83.0 Å². The molecule has 2 aromatic carbocycles. The first-order valence-corrected chi connectivity index (χ1v) is 14.6. The van der Waals surface area contributed by atoms with Crippen molar-refractivity contribution in [2.75, 3.05) is 44.7 Å². The van der Waals surface area contributed by atoms with Crippen LogP contribution in [0.2, 0.25) is 5.02 Å². The Labute approximate surface area is 213 Å². The summed E-state index contributed by atoms with van der Waals surface area (Å²) < 4.78 is 18.4. The van der Waals surface area contributed by atoms with Crippen LogP contribution in [0.4, 0.5) is 23.1 Å². The van der Waals surface area contributed by atoms with Crippen molar-refractivity contribution in [3.63, 3.8) is 0 Å². The van der Waals surface area contributed by atoms with Gasteiger partial charge in [0, 0.05) is 17.9 Å². The van der Waals surface area contributed by atoms with E-state index in [1.54, 1.807) is 20.4 Å². The molecule has 0 saturated heterocycles. The van der Waals surface area contributed by atoms with Gasteiger partial charge in [-0.1, -0.05) is 23.7 Å². The zero-order valence-electron chi connectivity index (χ0n) is 21.5. The lowest BCUT2D eigenvalue weighted by molar-refractivity contribution is 0.277. The summed E-state index contributed by atoms with van der Waals surface area (Å²) in [5.74, 6) is 1.51. The predicted molar refractivity (Wildman–Crippen MR) is 148 cm³/mol. The number of likely N-dealkylation sites (N-methyl/N-ethyl adjacent to an activating group) is 1. The number of nitrogens with zero attached hydrogens (tertiary/aromatic N) is 3. The van der Waals surface area contributed by atoms with Crippen molar-refractivity contribution in [2.24, 2.45) is 0 Å². The maximum absolute atomic E-state index is 12.7. The third-order valence-corrected chi connectivity index (χ3v) is 7.83. The molecule has 0 saturated carbocycles. The Morgan fingerprint density at radius 2 is 1.86 bits per heavy atom. The fourth-order valence-corrected chi connectivity index (χ4v) is 4.93. The Hall–Kier alpha value is -2.60. The highest BCUT2D eigenvalue weighted by molar-refractivity contribution is 7.70. The van der Waals surface area contributed by atoms with Crippen molar-refractivity contribution in [1.29, 1.82) is 0 Å². The number of anilines is 4. The van der Waals surface area contributed by atoms with Crippen LogP contribution in [0.1, 0.15) is 25.0 Å². The summed E-state index contributed by atoms with van der Waals surface area (Å²) in [5.41, 5.74) is 3.87. The minimum atomic E-state index is -2.50. The number of hydrogen-bond donors (Lipinski definition) is 2. The Morgan fingerprint density at radius 1 is 1.14 bits per heavy atom. The number of ether oxygens (including phenoxy) is 1. The molecule has 0 bridgehead atoms. The van der Waals surface area contributed by atoms with Gasteiger partial charge in [0.2, 0.25) is 5.95 Å². The maximum Gasteiger partial charge on any atom is 0.229 e. The van der Waals surface area contributed by atoms with Crippen molar-refractivity contribution in [3.05, 3.63) is 58.7 Å². The molecule has 0 aliphatic carbocycles. The van der Waals surface area contributed by atoms with Crippen LogP contribution in [0.3, 0.4) is 0 Å². The molecule has 7 nitrogen and oxygen atoms in total. The molecule has 35 heavy (non-hydrogen) atoms. The second-order valence-electron chi connectivity index (χ2n) is 9.31. The number of hydrogen-bond acceptors (Lipinski definition) is 7. The van der Waals surface area contributed by atoms with E-state index in [0.717, 1.165) is 29.5 Å². The summed E-state index contributed by atoms with van der Waals surface area (Å²) in [5, 5.41) is 7.59. The van der Waals surface area contributed by atoms with Gasteiger partial charge in [0.25, 0.3) is 0 Å². The Balaban J connectivity index is 1.86. The molecule has 9 heteroatoms. The van der Waals surface area contributed by atoms with Crippen LogP contribution in [0.15, 0.2) is 42.6 Å². The number of para-hydroxylation sites is 1. The molecule has 0 aliphatic heterocycles. The van der Waals surface area contributed by atoms with Crippen LogP contribution >= 0.6 is 18.7 Å². The van der Waals surface area contributed by atoms with Gasteiger partial charge in [-0.25, -0.2) is 4.98 Å². The summed E-state index contributed by atoms with van der Waals surface area (Å²) in [7, 11) is 1.29. The number of aromatic nitrogens is 2. The van der Waals surface area contributed by atoms with E-state index in [-0.39, 0.29) is 0 Å². The first-order valence-electron chi connectivity index (χ1n) is 11.6. The topological polar surface area (TPSA) is 79.4 Å². The Kier molecular flexibility index (Phi) is 8.81. The first-order chi connectivity index (χ1) is 16.5. The van der Waals surface area contributed by atoms with Gasteiger partial charge in [-0.2, -0.15) is 4.98 Å². The average molecular weight is 516 g/mol. The van der Waals surface area contributed by atoms with Crippen molar-refractivity contribution in [1.82, 2.24) is 14.9 Å². The third-order valence-electron chi connectivity index (χ3n) is 6.00. The van der Waals surface area contributed by atoms with Gasteiger partial charge in [0.1, 0.15) is 17.9 Å². The Bertz CT molecular complexity index is 1230. The lowest BCUT2D eigenvalue weighted by Gasteiger charge is -2.22. The van der Waals surface area contributed by atoms with E-state index >= 15 is 0 Å². The molecule has 3 aromatic rings. The fraction of sp³-hybridized carbons (Fsp3) is 0.385. The number of rotatable bonds is 10. The zero-order valence-corrected chi connectivity index (χ0v) is 23.2. The summed E-state index contributed by atoms with van der Waals surface area (Å²) in [6.45, 7) is 10.9. The molecule has 2 N–H and O–H groups in total. The third kappa shape index (κ3) is 6.97. The van der Waals surface area contributed by atoms with E-state index in [1.165, 1.54) is 11.8 Å². The quantitative estimate of drug-likeness (QED) is 0.317. The molecule has 0 spiro atoms. The molecule has 0 aliphatic rings. The highest BCUT2D eigenvalue weighted by atomic mass is 35.5. The van der Waals surface area contributed by atoms with Crippen molar-refractivity contribution in [2.45, 2.75) is 33.2 Å². The van der Waals surface area contributed by atoms with E-state index in [0.29, 0.717) is 34.3 Å². The van der Waals surface area contributed by atoms with Crippen LogP contribution in [0.5, 0.6) is 5.75 Å². The zero-order chi connectivity index (χ0) is 25.8. The highest BCUT2D eigenvalue weighted by Gasteiger charge is 2.18. The molecule has 0 unspecified atom stereocenters. The van der Waals surface area contributed by atoms with Crippen LogP contribution in [-0.4, -0.2) is 54.9 Å². The molecular formula is C26H35ClN5O2P. The summed E-state index contributed by atoms with van der Waals surface area (Å²) in [6.07, 6.45) is 2.47. The van der Waals surface area contributed by atoms with E-state index in [1.807, 2.05) is 30.3 Å². The van der Waals surface area contributed by atoms with E-state index in [9.17, 15) is 4.57 Å². The number of nitrogens with one attached hydrogen (secondary N) is 2. The normalized spacial score (nSPS) is 11.7. The van der Waals surface area contributed by atoms with E-state index < -0.39 is 7.14 Å². The molecule has 188 valence electrons. The summed E-state index contributed by atoms with van der Waals surface area (Å²) in [6, 6.07) is 12.1. The molecule has 3 rings (SSSR count). The molecule has 0 radical (unpaired) electrons. The van der Waals surface area contributed by atoms with Gasteiger partial charge in [0.05, 0.1) is 24.7 Å². The van der Waals surface area contributed by atoms with E-state index in [2.05, 4.69) is 59.4 Å². The monoisotopic (exact) mass is 515 g/mol. The smallest absolute Gasteiger partial charge is 0.229 e. The SMILES string of the molecule is COc1cc(CCN(C)C(C)C)c(C)cc1Nc1ncc(Cl)c(Nc2ccccc2P(C)(C)=O)n1. The molecular weight excluding hydrogens is 481 g/mol. The molecule has 0 fully saturated rings. The largest absolute Gasteiger partial charge is 0.495 e. The van der Waals surface area contributed by atoms with Crippen molar-refractivity contribution in [3.8, 4) is 5.75 Å². The second kappa shape index (κ2) is 11.4.